The Morgan fingerprint density at radius 1 is 1.22 bits per heavy atom. The molecule has 1 rings (SSSR count). The van der Waals surface area contributed by atoms with E-state index in [1.54, 1.807) is 0 Å². The number of carbonyl (C=O) groups excluding carboxylic acids is 1. The molecule has 0 aliphatic rings. The van der Waals surface area contributed by atoms with E-state index in [0.717, 1.165) is 12.1 Å². The molecule has 1 aromatic carbocycles. The van der Waals surface area contributed by atoms with Crippen LogP contribution in [0.1, 0.15) is 16.8 Å². The number of Topliss-reactive ketones (excluding diaryl/α,β-unsaturated/α-hetero) is 1. The second-order valence-electron chi connectivity index (χ2n) is 3.35. The fourth-order valence-electron chi connectivity index (χ4n) is 1.25. The average Bonchev–Trinajstić information content (AvgIpc) is 2.27. The summed E-state index contributed by atoms with van der Waals surface area (Å²) >= 11 is 0. The molecule has 0 aliphatic carbocycles. The number of ketones is 1. The van der Waals surface area contributed by atoms with Gasteiger partial charge in [-0.2, -0.15) is 8.42 Å². The summed E-state index contributed by atoms with van der Waals surface area (Å²) in [5, 5.41) is 15.5. The van der Waals surface area contributed by atoms with Crippen LogP contribution in [0.5, 0.6) is 0 Å². The van der Waals surface area contributed by atoms with Crippen LogP contribution in [0.3, 0.4) is 0 Å². The molecular formula is C10H9NO6S. The summed E-state index contributed by atoms with van der Waals surface area (Å²) in [5.41, 5.74) is -1.20. The van der Waals surface area contributed by atoms with Gasteiger partial charge in [0.2, 0.25) is 0 Å². The normalized spacial score (nSPS) is 10.9. The van der Waals surface area contributed by atoms with E-state index >= 15 is 0 Å². The Morgan fingerprint density at radius 2 is 1.78 bits per heavy atom. The molecule has 0 aliphatic heterocycles. The van der Waals surface area contributed by atoms with Crippen LogP contribution in [-0.2, 0) is 14.9 Å². The Labute approximate surface area is 102 Å². The van der Waals surface area contributed by atoms with E-state index in [0.29, 0.717) is 0 Å². The molecular weight excluding hydrogens is 262 g/mol. The van der Waals surface area contributed by atoms with E-state index in [1.165, 1.54) is 12.1 Å². The van der Waals surface area contributed by atoms with Crippen LogP contribution >= 0.6 is 0 Å². The van der Waals surface area contributed by atoms with Crippen molar-refractivity contribution in [2.24, 2.45) is 0 Å². The lowest BCUT2D eigenvalue weighted by Gasteiger charge is -2.05. The summed E-state index contributed by atoms with van der Waals surface area (Å²) in [6.07, 6.45) is -0.748. The molecule has 0 bridgehead atoms. The number of aliphatic carboxylic acids is 1. The van der Waals surface area contributed by atoms with Crippen LogP contribution in [0.15, 0.2) is 29.2 Å². The van der Waals surface area contributed by atoms with Crippen molar-refractivity contribution in [3.05, 3.63) is 29.8 Å². The molecule has 18 heavy (non-hydrogen) atoms. The van der Waals surface area contributed by atoms with Gasteiger partial charge in [-0.25, -0.2) is 4.79 Å². The maximum Gasteiger partial charge on any atom is 0.349 e. The molecule has 0 radical (unpaired) electrons. The van der Waals surface area contributed by atoms with Crippen molar-refractivity contribution in [1.29, 1.82) is 5.41 Å². The third-order valence-electron chi connectivity index (χ3n) is 2.06. The molecule has 0 heterocycles. The summed E-state index contributed by atoms with van der Waals surface area (Å²) in [7, 11) is -4.57. The highest BCUT2D eigenvalue weighted by Gasteiger charge is 2.22. The second kappa shape index (κ2) is 5.07. The quantitative estimate of drug-likeness (QED) is 0.408. The van der Waals surface area contributed by atoms with Crippen LogP contribution in [-0.4, -0.2) is 35.5 Å². The van der Waals surface area contributed by atoms with Gasteiger partial charge in [0.15, 0.2) is 5.78 Å². The standard InChI is InChI=1S/C10H9NO6S/c11-7(10(13)14)5-8(12)6-3-1-2-4-9(6)18(15,16)17/h1-4,11H,5H2,(H,13,14)(H,15,16,17). The van der Waals surface area contributed by atoms with Crippen molar-refractivity contribution in [1.82, 2.24) is 0 Å². The number of carboxylic acid groups (broad SMARTS) is 1. The molecule has 7 nitrogen and oxygen atoms in total. The zero-order valence-electron chi connectivity index (χ0n) is 8.95. The van der Waals surface area contributed by atoms with Gasteiger partial charge in [-0.3, -0.25) is 14.8 Å². The van der Waals surface area contributed by atoms with Crippen molar-refractivity contribution < 1.29 is 27.7 Å². The highest BCUT2D eigenvalue weighted by molar-refractivity contribution is 7.86. The van der Waals surface area contributed by atoms with Crippen molar-refractivity contribution >= 4 is 27.6 Å². The Balaban J connectivity index is 3.15. The van der Waals surface area contributed by atoms with Crippen molar-refractivity contribution in [3.8, 4) is 0 Å². The first-order valence-corrected chi connectivity index (χ1v) is 6.08. The molecule has 0 atom stereocenters. The van der Waals surface area contributed by atoms with Gasteiger partial charge in [0.05, 0.1) is 6.42 Å². The monoisotopic (exact) mass is 271 g/mol. The van der Waals surface area contributed by atoms with Gasteiger partial charge < -0.3 is 5.11 Å². The first kappa shape index (κ1) is 14.0. The predicted octanol–water partition coefficient (Wildman–Crippen LogP) is 0.610. The molecule has 1 aromatic rings. The molecule has 96 valence electrons. The van der Waals surface area contributed by atoms with E-state index in [1.807, 2.05) is 0 Å². The molecule has 0 amide bonds. The largest absolute Gasteiger partial charge is 0.477 e. The van der Waals surface area contributed by atoms with Crippen LogP contribution in [0.25, 0.3) is 0 Å². The zero-order chi connectivity index (χ0) is 13.9. The lowest BCUT2D eigenvalue weighted by Crippen LogP contribution is -2.18. The lowest BCUT2D eigenvalue weighted by atomic mass is 10.1. The summed E-state index contributed by atoms with van der Waals surface area (Å²) in [6.45, 7) is 0. The van der Waals surface area contributed by atoms with E-state index in [4.69, 9.17) is 15.1 Å². The molecule has 0 saturated heterocycles. The zero-order valence-corrected chi connectivity index (χ0v) is 9.77. The number of hydrogen-bond donors (Lipinski definition) is 3. The Bertz CT molecular complexity index is 619. The number of nitrogens with one attached hydrogen (secondary N) is 1. The number of hydrogen-bond acceptors (Lipinski definition) is 5. The van der Waals surface area contributed by atoms with Gasteiger partial charge >= 0.3 is 5.97 Å². The fourth-order valence-corrected chi connectivity index (χ4v) is 1.96. The summed E-state index contributed by atoms with van der Waals surface area (Å²) in [6, 6.07) is 4.84. The fraction of sp³-hybridized carbons (Fsp3) is 0.100. The van der Waals surface area contributed by atoms with E-state index in [9.17, 15) is 18.0 Å². The van der Waals surface area contributed by atoms with Crippen LogP contribution in [0, 0.1) is 5.41 Å². The average molecular weight is 271 g/mol. The molecule has 0 fully saturated rings. The third-order valence-corrected chi connectivity index (χ3v) is 2.97. The maximum atomic E-state index is 11.6. The van der Waals surface area contributed by atoms with Crippen LogP contribution in [0.4, 0.5) is 0 Å². The Kier molecular flexibility index (Phi) is 3.94. The highest BCUT2D eigenvalue weighted by atomic mass is 32.2. The molecule has 0 saturated carbocycles. The summed E-state index contributed by atoms with van der Waals surface area (Å²) < 4.78 is 30.9. The van der Waals surface area contributed by atoms with Crippen molar-refractivity contribution in [2.45, 2.75) is 11.3 Å². The third kappa shape index (κ3) is 3.22. The Morgan fingerprint density at radius 3 is 2.28 bits per heavy atom. The van der Waals surface area contributed by atoms with Gasteiger partial charge in [-0.05, 0) is 12.1 Å². The molecule has 0 spiro atoms. The van der Waals surface area contributed by atoms with Crippen molar-refractivity contribution in [3.63, 3.8) is 0 Å². The minimum atomic E-state index is -4.57. The number of rotatable bonds is 5. The number of carbonyl (C=O) groups is 2. The van der Waals surface area contributed by atoms with Crippen LogP contribution < -0.4 is 0 Å². The summed E-state index contributed by atoms with van der Waals surface area (Å²) in [4.78, 5) is 21.4. The predicted molar refractivity (Wildman–Crippen MR) is 60.6 cm³/mol. The molecule has 0 unspecified atom stereocenters. The van der Waals surface area contributed by atoms with E-state index in [2.05, 4.69) is 0 Å². The SMILES string of the molecule is N=C(CC(=O)c1ccccc1S(=O)(=O)O)C(=O)O. The molecule has 3 N–H and O–H groups in total. The minimum absolute atomic E-state index is 0.342. The molecule has 0 aromatic heterocycles. The minimum Gasteiger partial charge on any atom is -0.477 e. The first-order valence-electron chi connectivity index (χ1n) is 4.64. The smallest absolute Gasteiger partial charge is 0.349 e. The molecule has 8 heteroatoms. The van der Waals surface area contributed by atoms with Gasteiger partial charge in [-0.1, -0.05) is 12.1 Å². The van der Waals surface area contributed by atoms with Crippen LogP contribution in [0.2, 0.25) is 0 Å². The summed E-state index contributed by atoms with van der Waals surface area (Å²) in [5.74, 6) is -2.43. The van der Waals surface area contributed by atoms with Gasteiger partial charge in [0.1, 0.15) is 10.6 Å². The number of carboxylic acids is 1. The van der Waals surface area contributed by atoms with Crippen molar-refractivity contribution in [2.75, 3.05) is 0 Å². The topological polar surface area (TPSA) is 133 Å². The highest BCUT2D eigenvalue weighted by Crippen LogP contribution is 2.16. The maximum absolute atomic E-state index is 11.6. The van der Waals surface area contributed by atoms with E-state index < -0.39 is 38.9 Å². The van der Waals surface area contributed by atoms with Gasteiger partial charge in [0.25, 0.3) is 10.1 Å². The number of benzene rings is 1. The van der Waals surface area contributed by atoms with Gasteiger partial charge in [-0.15, -0.1) is 0 Å². The van der Waals surface area contributed by atoms with Gasteiger partial charge in [0, 0.05) is 5.56 Å². The second-order valence-corrected chi connectivity index (χ2v) is 4.74. The first-order chi connectivity index (χ1) is 8.23. The lowest BCUT2D eigenvalue weighted by molar-refractivity contribution is -0.129. The van der Waals surface area contributed by atoms with E-state index in [-0.39, 0.29) is 5.56 Å². The Hall–Kier alpha value is -2.06.